The molecule has 2 aromatic carbocycles. The molecule has 146 valence electrons. The molecule has 0 heterocycles. The van der Waals surface area contributed by atoms with E-state index < -0.39 is 5.97 Å². The van der Waals surface area contributed by atoms with E-state index in [0.717, 1.165) is 41.7 Å². The average Bonchev–Trinajstić information content (AvgIpc) is 2.66. The van der Waals surface area contributed by atoms with E-state index in [2.05, 4.69) is 41.6 Å². The lowest BCUT2D eigenvalue weighted by molar-refractivity contribution is 0.0729. The maximum Gasteiger partial charge on any atom is 0.347 e. The van der Waals surface area contributed by atoms with Crippen LogP contribution in [0.5, 0.6) is 11.5 Å². The Morgan fingerprint density at radius 1 is 1.11 bits per heavy atom. The van der Waals surface area contributed by atoms with Crippen molar-refractivity contribution < 1.29 is 14.3 Å². The molecule has 0 bridgehead atoms. The molecular weight excluding hydrogens is 406 g/mol. The summed E-state index contributed by atoms with van der Waals surface area (Å²) in [6.45, 7) is 10.5. The summed E-state index contributed by atoms with van der Waals surface area (Å²) >= 11 is 3.67. The third-order valence-electron chi connectivity index (χ3n) is 4.45. The van der Waals surface area contributed by atoms with E-state index in [1.54, 1.807) is 12.1 Å². The Bertz CT molecular complexity index is 758. The molecule has 4 nitrogen and oxygen atoms in total. The van der Waals surface area contributed by atoms with Crippen molar-refractivity contribution in [3.63, 3.8) is 0 Å². The van der Waals surface area contributed by atoms with Crippen LogP contribution in [0.25, 0.3) is 0 Å². The minimum atomic E-state index is -0.397. The van der Waals surface area contributed by atoms with Gasteiger partial charge in [-0.15, -0.1) is 0 Å². The van der Waals surface area contributed by atoms with Gasteiger partial charge in [0.15, 0.2) is 0 Å². The van der Waals surface area contributed by atoms with Crippen LogP contribution < -0.4 is 14.4 Å². The van der Waals surface area contributed by atoms with E-state index in [1.165, 1.54) is 0 Å². The maximum atomic E-state index is 13.0. The van der Waals surface area contributed by atoms with Crippen molar-refractivity contribution in [1.82, 2.24) is 0 Å². The molecule has 2 rings (SSSR count). The zero-order valence-electron chi connectivity index (χ0n) is 16.5. The highest BCUT2D eigenvalue weighted by atomic mass is 79.9. The fourth-order valence-corrected chi connectivity index (χ4v) is 3.76. The van der Waals surface area contributed by atoms with Gasteiger partial charge in [-0.3, -0.25) is 0 Å². The highest BCUT2D eigenvalue weighted by molar-refractivity contribution is 9.10. The molecule has 2 aromatic rings. The molecule has 0 amide bonds. The van der Waals surface area contributed by atoms with Crippen LogP contribution in [-0.4, -0.2) is 25.7 Å². The van der Waals surface area contributed by atoms with Crippen molar-refractivity contribution in [3.8, 4) is 11.5 Å². The second-order valence-electron chi connectivity index (χ2n) is 6.28. The molecule has 0 radical (unpaired) electrons. The number of hydrogen-bond donors (Lipinski definition) is 0. The fourth-order valence-electron chi connectivity index (χ4n) is 3.01. The van der Waals surface area contributed by atoms with E-state index >= 15 is 0 Å². The predicted octanol–water partition coefficient (Wildman–Crippen LogP) is 6.00. The van der Waals surface area contributed by atoms with Crippen molar-refractivity contribution in [3.05, 3.63) is 52.0 Å². The highest BCUT2D eigenvalue weighted by Crippen LogP contribution is 2.38. The van der Waals surface area contributed by atoms with Gasteiger partial charge in [-0.1, -0.05) is 31.5 Å². The molecule has 0 atom stereocenters. The smallest absolute Gasteiger partial charge is 0.347 e. The number of carbonyl (C=O) groups excluding carboxylic acids is 1. The Balaban J connectivity index is 2.48. The summed E-state index contributed by atoms with van der Waals surface area (Å²) < 4.78 is 12.5. The van der Waals surface area contributed by atoms with E-state index in [1.807, 2.05) is 31.2 Å². The first kappa shape index (κ1) is 21.3. The van der Waals surface area contributed by atoms with Crippen molar-refractivity contribution in [2.75, 3.05) is 24.6 Å². The average molecular weight is 434 g/mol. The lowest BCUT2D eigenvalue weighted by Crippen LogP contribution is -2.25. The maximum absolute atomic E-state index is 13.0. The van der Waals surface area contributed by atoms with Gasteiger partial charge in [-0.05, 0) is 66.9 Å². The van der Waals surface area contributed by atoms with Crippen LogP contribution in [0.15, 0.2) is 40.9 Å². The zero-order chi connectivity index (χ0) is 19.8. The SMILES string of the molecule is CCCCOc1cc(Br)c(N(CC)CC)c(C)c1C(=O)Oc1ccccc1. The van der Waals surface area contributed by atoms with Crippen LogP contribution in [0, 0.1) is 6.92 Å². The van der Waals surface area contributed by atoms with Gasteiger partial charge in [0, 0.05) is 17.6 Å². The first-order chi connectivity index (χ1) is 13.0. The molecule has 0 unspecified atom stereocenters. The zero-order valence-corrected chi connectivity index (χ0v) is 18.1. The molecule has 5 heteroatoms. The van der Waals surface area contributed by atoms with Gasteiger partial charge in [-0.2, -0.15) is 0 Å². The molecule has 0 N–H and O–H groups in total. The van der Waals surface area contributed by atoms with Crippen LogP contribution in [0.1, 0.15) is 49.5 Å². The molecule has 0 aliphatic heterocycles. The summed E-state index contributed by atoms with van der Waals surface area (Å²) in [5.74, 6) is 0.685. The lowest BCUT2D eigenvalue weighted by atomic mass is 10.0. The van der Waals surface area contributed by atoms with Crippen molar-refractivity contribution in [2.45, 2.75) is 40.5 Å². The van der Waals surface area contributed by atoms with Crippen LogP contribution >= 0.6 is 15.9 Å². The number of carbonyl (C=O) groups is 1. The fraction of sp³-hybridized carbons (Fsp3) is 0.409. The summed E-state index contributed by atoms with van der Waals surface area (Å²) in [6, 6.07) is 11.0. The number of nitrogens with zero attached hydrogens (tertiary/aromatic N) is 1. The minimum absolute atomic E-state index is 0.397. The Kier molecular flexibility index (Phi) is 8.17. The molecule has 0 aliphatic rings. The first-order valence-electron chi connectivity index (χ1n) is 9.51. The molecule has 0 saturated heterocycles. The molecule has 0 aromatic heterocycles. The number of anilines is 1. The van der Waals surface area contributed by atoms with Gasteiger partial charge in [0.25, 0.3) is 0 Å². The highest BCUT2D eigenvalue weighted by Gasteiger charge is 2.24. The monoisotopic (exact) mass is 433 g/mol. The number of para-hydroxylation sites is 1. The molecule has 0 saturated carbocycles. The summed E-state index contributed by atoms with van der Waals surface area (Å²) in [6.07, 6.45) is 1.96. The second-order valence-corrected chi connectivity index (χ2v) is 7.14. The van der Waals surface area contributed by atoms with Crippen LogP contribution in [0.3, 0.4) is 0 Å². The Morgan fingerprint density at radius 2 is 1.78 bits per heavy atom. The normalized spacial score (nSPS) is 10.6. The summed E-state index contributed by atoms with van der Waals surface area (Å²) in [5, 5.41) is 0. The van der Waals surface area contributed by atoms with Crippen LogP contribution in [0.2, 0.25) is 0 Å². The second kappa shape index (κ2) is 10.4. The van der Waals surface area contributed by atoms with E-state index in [4.69, 9.17) is 9.47 Å². The number of benzene rings is 2. The van der Waals surface area contributed by atoms with E-state index in [9.17, 15) is 4.79 Å². The first-order valence-corrected chi connectivity index (χ1v) is 10.3. The molecule has 0 spiro atoms. The van der Waals surface area contributed by atoms with Crippen LogP contribution in [-0.2, 0) is 0 Å². The van der Waals surface area contributed by atoms with E-state index in [0.29, 0.717) is 23.7 Å². The van der Waals surface area contributed by atoms with Gasteiger partial charge in [0.2, 0.25) is 0 Å². The lowest BCUT2D eigenvalue weighted by Gasteiger charge is -2.27. The van der Waals surface area contributed by atoms with Gasteiger partial charge >= 0.3 is 5.97 Å². The molecular formula is C22H28BrNO3. The van der Waals surface area contributed by atoms with Gasteiger partial charge in [0.1, 0.15) is 17.1 Å². The number of hydrogen-bond acceptors (Lipinski definition) is 4. The summed E-state index contributed by atoms with van der Waals surface area (Å²) in [7, 11) is 0. The number of unbranched alkanes of at least 4 members (excludes halogenated alkanes) is 1. The molecule has 0 fully saturated rings. The third kappa shape index (κ3) is 5.25. The third-order valence-corrected chi connectivity index (χ3v) is 5.06. The minimum Gasteiger partial charge on any atom is -0.493 e. The Morgan fingerprint density at radius 3 is 2.37 bits per heavy atom. The van der Waals surface area contributed by atoms with Crippen molar-refractivity contribution in [2.24, 2.45) is 0 Å². The summed E-state index contributed by atoms with van der Waals surface area (Å²) in [4.78, 5) is 15.2. The van der Waals surface area contributed by atoms with Gasteiger partial charge in [-0.25, -0.2) is 4.79 Å². The number of ether oxygens (including phenoxy) is 2. The van der Waals surface area contributed by atoms with Gasteiger partial charge < -0.3 is 14.4 Å². The van der Waals surface area contributed by atoms with E-state index in [-0.39, 0.29) is 0 Å². The Hall–Kier alpha value is -2.01. The van der Waals surface area contributed by atoms with Crippen molar-refractivity contribution in [1.29, 1.82) is 0 Å². The van der Waals surface area contributed by atoms with Crippen LogP contribution in [0.4, 0.5) is 5.69 Å². The molecule has 27 heavy (non-hydrogen) atoms. The quantitative estimate of drug-likeness (QED) is 0.276. The Labute approximate surface area is 170 Å². The predicted molar refractivity (Wildman–Crippen MR) is 114 cm³/mol. The number of halogens is 1. The number of rotatable bonds is 9. The van der Waals surface area contributed by atoms with Gasteiger partial charge in [0.05, 0.1) is 12.3 Å². The summed E-state index contributed by atoms with van der Waals surface area (Å²) in [5.41, 5.74) is 2.35. The molecule has 0 aliphatic carbocycles. The van der Waals surface area contributed by atoms with Crippen molar-refractivity contribution >= 4 is 27.6 Å². The number of esters is 1. The topological polar surface area (TPSA) is 38.8 Å². The largest absolute Gasteiger partial charge is 0.493 e. The standard InChI is InChI=1S/C22H28BrNO3/c1-5-8-14-26-19-15-18(23)21(24(6-2)7-3)16(4)20(19)22(25)27-17-12-10-9-11-13-17/h9-13,15H,5-8,14H2,1-4H3.